The number of ether oxygens (including phenoxy) is 1. The van der Waals surface area contributed by atoms with Gasteiger partial charge in [-0.2, -0.15) is 0 Å². The van der Waals surface area contributed by atoms with Gasteiger partial charge in [-0.1, -0.05) is 25.8 Å². The second kappa shape index (κ2) is 6.42. The summed E-state index contributed by atoms with van der Waals surface area (Å²) in [6, 6.07) is 5.33. The summed E-state index contributed by atoms with van der Waals surface area (Å²) in [4.78, 5) is 12.2. The summed E-state index contributed by atoms with van der Waals surface area (Å²) in [6.07, 6.45) is 5.55. The molecule has 0 spiro atoms. The van der Waals surface area contributed by atoms with E-state index in [0.29, 0.717) is 17.2 Å². The van der Waals surface area contributed by atoms with Crippen molar-refractivity contribution in [2.24, 2.45) is 5.92 Å². The molecule has 2 unspecified atom stereocenters. The number of carbonyl (C=O) groups excluding carboxylic acids is 1. The molecule has 4 heteroatoms. The topological polar surface area (TPSA) is 52.3 Å². The predicted octanol–water partition coefficient (Wildman–Crippen LogP) is 4.16. The van der Waals surface area contributed by atoms with E-state index >= 15 is 0 Å². The highest BCUT2D eigenvalue weighted by atomic mass is 79.9. The minimum absolute atomic E-state index is 0.0459. The fraction of sp³-hybridized carbons (Fsp3) is 0.533. The van der Waals surface area contributed by atoms with Gasteiger partial charge in [-0.3, -0.25) is 0 Å². The van der Waals surface area contributed by atoms with Gasteiger partial charge in [0.1, 0.15) is 6.10 Å². The molecule has 0 heterocycles. The van der Waals surface area contributed by atoms with Crippen molar-refractivity contribution in [3.05, 3.63) is 28.2 Å². The molecule has 2 atom stereocenters. The number of carbonyl (C=O) groups is 1. The molecule has 1 aromatic rings. The Labute approximate surface area is 122 Å². The standard InChI is InChI=1S/C15H20BrNO2/c1-2-10-5-3-6-11(9-10)19-15(18)12-7-4-8-13(16)14(12)17/h4,7-8,10-11H,2-3,5-6,9,17H2,1H3. The summed E-state index contributed by atoms with van der Waals surface area (Å²) in [5, 5.41) is 0. The van der Waals surface area contributed by atoms with Gasteiger partial charge < -0.3 is 10.5 Å². The number of benzene rings is 1. The summed E-state index contributed by atoms with van der Waals surface area (Å²) in [5.74, 6) is 0.381. The van der Waals surface area contributed by atoms with Crippen LogP contribution in [0, 0.1) is 5.92 Å². The van der Waals surface area contributed by atoms with Gasteiger partial charge in [0.15, 0.2) is 0 Å². The third-order valence-electron chi connectivity index (χ3n) is 3.86. The van der Waals surface area contributed by atoms with Crippen LogP contribution in [0.1, 0.15) is 49.4 Å². The molecule has 1 fully saturated rings. The summed E-state index contributed by atoms with van der Waals surface area (Å²) >= 11 is 3.33. The second-order valence-electron chi connectivity index (χ2n) is 5.17. The first-order valence-electron chi connectivity index (χ1n) is 6.86. The number of hydrogen-bond donors (Lipinski definition) is 1. The average Bonchev–Trinajstić information content (AvgIpc) is 2.42. The highest BCUT2D eigenvalue weighted by molar-refractivity contribution is 9.10. The minimum atomic E-state index is -0.305. The minimum Gasteiger partial charge on any atom is -0.459 e. The molecule has 0 aromatic heterocycles. The van der Waals surface area contributed by atoms with Crippen molar-refractivity contribution >= 4 is 27.6 Å². The molecule has 0 bridgehead atoms. The highest BCUT2D eigenvalue weighted by Crippen LogP contribution is 2.30. The Kier molecular flexibility index (Phi) is 4.86. The van der Waals surface area contributed by atoms with Gasteiger partial charge in [-0.25, -0.2) is 4.79 Å². The third-order valence-corrected chi connectivity index (χ3v) is 4.55. The molecule has 0 saturated heterocycles. The summed E-state index contributed by atoms with van der Waals surface area (Å²) in [6.45, 7) is 2.20. The monoisotopic (exact) mass is 325 g/mol. The lowest BCUT2D eigenvalue weighted by Gasteiger charge is -2.28. The Bertz CT molecular complexity index is 461. The molecule has 0 radical (unpaired) electrons. The fourth-order valence-corrected chi connectivity index (χ4v) is 3.02. The summed E-state index contributed by atoms with van der Waals surface area (Å²) < 4.78 is 6.34. The smallest absolute Gasteiger partial charge is 0.340 e. The van der Waals surface area contributed by atoms with Crippen molar-refractivity contribution in [1.82, 2.24) is 0 Å². The highest BCUT2D eigenvalue weighted by Gasteiger charge is 2.25. The normalized spacial score (nSPS) is 23.1. The lowest BCUT2D eigenvalue weighted by molar-refractivity contribution is 0.0141. The lowest BCUT2D eigenvalue weighted by atomic mass is 9.85. The van der Waals surface area contributed by atoms with Gasteiger partial charge >= 0.3 is 5.97 Å². The molecule has 2 rings (SSSR count). The molecule has 1 aliphatic carbocycles. The van der Waals surface area contributed by atoms with Gasteiger partial charge in [-0.05, 0) is 53.2 Å². The first kappa shape index (κ1) is 14.4. The van der Waals surface area contributed by atoms with E-state index in [1.807, 2.05) is 6.07 Å². The van der Waals surface area contributed by atoms with Gasteiger partial charge in [0, 0.05) is 4.47 Å². The molecule has 1 aromatic carbocycles. The Balaban J connectivity index is 2.02. The van der Waals surface area contributed by atoms with E-state index in [1.54, 1.807) is 12.1 Å². The molecule has 19 heavy (non-hydrogen) atoms. The Hall–Kier alpha value is -1.03. The van der Waals surface area contributed by atoms with E-state index in [-0.39, 0.29) is 12.1 Å². The molecule has 1 saturated carbocycles. The van der Waals surface area contributed by atoms with Crippen LogP contribution >= 0.6 is 15.9 Å². The van der Waals surface area contributed by atoms with Crippen molar-refractivity contribution in [2.45, 2.75) is 45.1 Å². The van der Waals surface area contributed by atoms with Crippen molar-refractivity contribution in [3.8, 4) is 0 Å². The SMILES string of the molecule is CCC1CCCC(OC(=O)c2cccc(Br)c2N)C1. The van der Waals surface area contributed by atoms with Gasteiger partial charge in [0.2, 0.25) is 0 Å². The van der Waals surface area contributed by atoms with E-state index in [1.165, 1.54) is 6.42 Å². The Morgan fingerprint density at radius 3 is 3.00 bits per heavy atom. The van der Waals surface area contributed by atoms with Crippen molar-refractivity contribution in [1.29, 1.82) is 0 Å². The van der Waals surface area contributed by atoms with Crippen LogP contribution in [-0.4, -0.2) is 12.1 Å². The zero-order valence-electron chi connectivity index (χ0n) is 11.2. The van der Waals surface area contributed by atoms with Crippen LogP contribution in [0.25, 0.3) is 0 Å². The van der Waals surface area contributed by atoms with Gasteiger partial charge in [-0.15, -0.1) is 0 Å². The van der Waals surface area contributed by atoms with Crippen molar-refractivity contribution in [2.75, 3.05) is 5.73 Å². The van der Waals surface area contributed by atoms with Crippen LogP contribution in [0.5, 0.6) is 0 Å². The van der Waals surface area contributed by atoms with Crippen LogP contribution < -0.4 is 5.73 Å². The number of nitrogens with two attached hydrogens (primary N) is 1. The average molecular weight is 326 g/mol. The first-order valence-corrected chi connectivity index (χ1v) is 7.66. The maximum atomic E-state index is 12.2. The van der Waals surface area contributed by atoms with Gasteiger partial charge in [0.05, 0.1) is 11.3 Å². The van der Waals surface area contributed by atoms with Crippen LogP contribution in [-0.2, 0) is 4.74 Å². The Morgan fingerprint density at radius 1 is 1.47 bits per heavy atom. The number of nitrogen functional groups attached to an aromatic ring is 1. The maximum Gasteiger partial charge on any atom is 0.340 e. The number of rotatable bonds is 3. The van der Waals surface area contributed by atoms with E-state index < -0.39 is 0 Å². The van der Waals surface area contributed by atoms with Crippen molar-refractivity contribution < 1.29 is 9.53 Å². The number of anilines is 1. The second-order valence-corrected chi connectivity index (χ2v) is 6.02. The van der Waals surface area contributed by atoms with Crippen LogP contribution in [0.2, 0.25) is 0 Å². The molecule has 104 valence electrons. The third kappa shape index (κ3) is 3.50. The first-order chi connectivity index (χ1) is 9.11. The summed E-state index contributed by atoms with van der Waals surface area (Å²) in [5.41, 5.74) is 6.80. The van der Waals surface area contributed by atoms with Gasteiger partial charge in [0.25, 0.3) is 0 Å². The van der Waals surface area contributed by atoms with Crippen LogP contribution in [0.4, 0.5) is 5.69 Å². The Morgan fingerprint density at radius 2 is 2.26 bits per heavy atom. The van der Waals surface area contributed by atoms with E-state index in [0.717, 1.165) is 30.2 Å². The summed E-state index contributed by atoms with van der Waals surface area (Å²) in [7, 11) is 0. The predicted molar refractivity (Wildman–Crippen MR) is 80.0 cm³/mol. The maximum absolute atomic E-state index is 12.2. The van der Waals surface area contributed by atoms with E-state index in [4.69, 9.17) is 10.5 Å². The largest absolute Gasteiger partial charge is 0.459 e. The quantitative estimate of drug-likeness (QED) is 0.670. The van der Waals surface area contributed by atoms with E-state index in [9.17, 15) is 4.79 Å². The number of halogens is 1. The number of esters is 1. The van der Waals surface area contributed by atoms with Crippen LogP contribution in [0.15, 0.2) is 22.7 Å². The number of hydrogen-bond acceptors (Lipinski definition) is 3. The zero-order chi connectivity index (χ0) is 13.8. The molecule has 0 amide bonds. The molecular formula is C15H20BrNO2. The fourth-order valence-electron chi connectivity index (χ4n) is 2.65. The molecule has 3 nitrogen and oxygen atoms in total. The van der Waals surface area contributed by atoms with Crippen LogP contribution in [0.3, 0.4) is 0 Å². The molecule has 2 N–H and O–H groups in total. The molecular weight excluding hydrogens is 306 g/mol. The van der Waals surface area contributed by atoms with E-state index in [2.05, 4.69) is 22.9 Å². The van der Waals surface area contributed by atoms with Crippen molar-refractivity contribution in [3.63, 3.8) is 0 Å². The lowest BCUT2D eigenvalue weighted by Crippen LogP contribution is -2.25. The molecule has 0 aliphatic heterocycles. The number of para-hydroxylation sites is 1. The molecule has 1 aliphatic rings. The zero-order valence-corrected chi connectivity index (χ0v) is 12.8.